The van der Waals surface area contributed by atoms with Gasteiger partial charge in [-0.1, -0.05) is 12.1 Å². The third-order valence-corrected chi connectivity index (χ3v) is 5.63. The molecule has 0 aliphatic carbocycles. The highest BCUT2D eigenvalue weighted by molar-refractivity contribution is 7.86. The van der Waals surface area contributed by atoms with Crippen LogP contribution < -0.4 is 5.56 Å². The molecule has 0 saturated heterocycles. The first-order valence-corrected chi connectivity index (χ1v) is 10.9. The third kappa shape index (κ3) is 4.58. The van der Waals surface area contributed by atoms with E-state index in [1.54, 1.807) is 0 Å². The summed E-state index contributed by atoms with van der Waals surface area (Å²) < 4.78 is 64.2. The lowest BCUT2D eigenvalue weighted by atomic mass is 10.3. The van der Waals surface area contributed by atoms with Crippen LogP contribution in [0.5, 0.6) is 0 Å². The average Bonchev–Trinajstić information content (AvgIpc) is 3.02. The zero-order chi connectivity index (χ0) is 23.0. The van der Waals surface area contributed by atoms with Crippen molar-refractivity contribution >= 4 is 37.6 Å². The summed E-state index contributed by atoms with van der Waals surface area (Å²) in [5.41, 5.74) is -2.80. The van der Waals surface area contributed by atoms with Crippen LogP contribution in [0, 0.1) is 0 Å². The van der Waals surface area contributed by atoms with Crippen LogP contribution >= 0.6 is 0 Å². The van der Waals surface area contributed by atoms with Gasteiger partial charge in [0.25, 0.3) is 25.8 Å². The highest BCUT2D eigenvalue weighted by Crippen LogP contribution is 2.23. The van der Waals surface area contributed by atoms with Gasteiger partial charge in [-0.3, -0.25) is 19.0 Å². The van der Waals surface area contributed by atoms with E-state index < -0.39 is 52.9 Å². The number of H-pyrrole nitrogens is 1. The quantitative estimate of drug-likeness (QED) is 0.306. The maximum Gasteiger partial charge on any atom is 0.356 e. The van der Waals surface area contributed by atoms with E-state index in [2.05, 4.69) is 15.3 Å². The van der Waals surface area contributed by atoms with Gasteiger partial charge in [-0.15, -0.1) is 5.11 Å². The number of nitrogens with zero attached hydrogens (tertiary/aromatic N) is 3. The molecule has 0 amide bonds. The van der Waals surface area contributed by atoms with E-state index >= 15 is 0 Å². The SMILES string of the molecule is O=C(O)c1[nH]n(-c2ccccc2S(=O)(=O)O)c(=O)c1N=Nc1ccc(S(=O)(=O)O)cc1. The maximum atomic E-state index is 12.7. The van der Waals surface area contributed by atoms with Gasteiger partial charge in [0.05, 0.1) is 16.3 Å². The summed E-state index contributed by atoms with van der Waals surface area (Å²) in [6, 6.07) is 9.13. The minimum atomic E-state index is -4.74. The number of carboxylic acids is 1. The Kier molecular flexibility index (Phi) is 5.60. The molecule has 0 unspecified atom stereocenters. The molecule has 0 saturated carbocycles. The molecule has 0 atom stereocenters. The van der Waals surface area contributed by atoms with Crippen LogP contribution in [0.4, 0.5) is 11.4 Å². The van der Waals surface area contributed by atoms with Crippen molar-refractivity contribution in [2.45, 2.75) is 9.79 Å². The van der Waals surface area contributed by atoms with Gasteiger partial charge in [0.2, 0.25) is 0 Å². The minimum absolute atomic E-state index is 0.0224. The zero-order valence-corrected chi connectivity index (χ0v) is 16.7. The van der Waals surface area contributed by atoms with Gasteiger partial charge >= 0.3 is 5.97 Å². The molecule has 0 aliphatic rings. The molecule has 2 aromatic carbocycles. The Morgan fingerprint density at radius 1 is 0.903 bits per heavy atom. The monoisotopic (exact) mass is 468 g/mol. The van der Waals surface area contributed by atoms with Crippen LogP contribution in [0.1, 0.15) is 10.5 Å². The summed E-state index contributed by atoms with van der Waals surface area (Å²) >= 11 is 0. The average molecular weight is 468 g/mol. The van der Waals surface area contributed by atoms with Crippen LogP contribution in [0.2, 0.25) is 0 Å². The number of nitrogens with one attached hydrogen (secondary N) is 1. The van der Waals surface area contributed by atoms with Gasteiger partial charge in [0.15, 0.2) is 11.4 Å². The Balaban J connectivity index is 2.12. The van der Waals surface area contributed by atoms with Crippen molar-refractivity contribution in [1.82, 2.24) is 9.78 Å². The van der Waals surface area contributed by atoms with Crippen molar-refractivity contribution in [3.05, 3.63) is 64.6 Å². The maximum absolute atomic E-state index is 12.7. The Labute approximate surface area is 173 Å². The normalized spacial score (nSPS) is 12.3. The molecule has 4 N–H and O–H groups in total. The van der Waals surface area contributed by atoms with Crippen molar-refractivity contribution < 1.29 is 35.8 Å². The first-order chi connectivity index (χ1) is 14.4. The summed E-state index contributed by atoms with van der Waals surface area (Å²) in [6.07, 6.45) is 0. The third-order valence-electron chi connectivity index (χ3n) is 3.86. The number of hydrogen-bond acceptors (Lipinski definition) is 8. The summed E-state index contributed by atoms with van der Waals surface area (Å²) in [5, 5.41) is 18.8. The fourth-order valence-electron chi connectivity index (χ4n) is 2.49. The number of benzene rings is 2. The van der Waals surface area contributed by atoms with E-state index in [1.807, 2.05) is 0 Å². The van der Waals surface area contributed by atoms with Gasteiger partial charge in [0.1, 0.15) is 4.90 Å². The van der Waals surface area contributed by atoms with Crippen molar-refractivity contribution in [2.75, 3.05) is 0 Å². The standard InChI is InChI=1S/C16H12N4O9S2/c21-15-13(18-17-9-5-7-10(8-6-9)30(24,25)26)14(16(22)23)19-20(15)11-3-1-2-4-12(11)31(27,28)29/h1-8,19H,(H,22,23)(H,24,25,26)(H,27,28,29). The number of para-hydroxylation sites is 1. The summed E-state index contributed by atoms with van der Waals surface area (Å²) in [4.78, 5) is 23.2. The highest BCUT2D eigenvalue weighted by atomic mass is 32.2. The number of carbonyl (C=O) groups is 1. The van der Waals surface area contributed by atoms with Gasteiger partial charge in [0, 0.05) is 0 Å². The van der Waals surface area contributed by atoms with E-state index in [0.717, 1.165) is 36.4 Å². The fraction of sp³-hybridized carbons (Fsp3) is 0. The van der Waals surface area contributed by atoms with E-state index in [4.69, 9.17) is 4.55 Å². The van der Waals surface area contributed by atoms with E-state index in [0.29, 0.717) is 4.68 Å². The van der Waals surface area contributed by atoms with Crippen LogP contribution in [-0.4, -0.2) is 46.8 Å². The van der Waals surface area contributed by atoms with E-state index in [1.165, 1.54) is 12.1 Å². The lowest BCUT2D eigenvalue weighted by Gasteiger charge is -2.06. The molecule has 3 rings (SSSR count). The predicted molar refractivity (Wildman–Crippen MR) is 104 cm³/mol. The molecule has 0 fully saturated rings. The fourth-order valence-corrected chi connectivity index (χ4v) is 3.65. The molecule has 31 heavy (non-hydrogen) atoms. The van der Waals surface area contributed by atoms with E-state index in [-0.39, 0.29) is 11.4 Å². The number of carboxylic acid groups (broad SMARTS) is 1. The number of aromatic carboxylic acids is 1. The lowest BCUT2D eigenvalue weighted by molar-refractivity contribution is 0.0690. The molecule has 13 nitrogen and oxygen atoms in total. The second kappa shape index (κ2) is 7.88. The number of hydrogen-bond donors (Lipinski definition) is 4. The first kappa shape index (κ1) is 22.0. The molecule has 15 heteroatoms. The van der Waals surface area contributed by atoms with Crippen LogP contribution in [0.3, 0.4) is 0 Å². The number of aromatic amines is 1. The van der Waals surface area contributed by atoms with Crippen molar-refractivity contribution in [2.24, 2.45) is 10.2 Å². The number of azo groups is 1. The second-order valence-corrected chi connectivity index (χ2v) is 8.70. The number of rotatable bonds is 6. The molecule has 1 heterocycles. The molecule has 0 aliphatic heterocycles. The Bertz CT molecular complexity index is 1470. The molecule has 162 valence electrons. The molecule has 0 spiro atoms. The summed E-state index contributed by atoms with van der Waals surface area (Å²) in [7, 11) is -9.18. The zero-order valence-electron chi connectivity index (χ0n) is 15.1. The van der Waals surface area contributed by atoms with Crippen LogP contribution in [-0.2, 0) is 20.2 Å². The smallest absolute Gasteiger partial charge is 0.356 e. The minimum Gasteiger partial charge on any atom is -0.476 e. The topological polar surface area (TPSA) is 209 Å². The summed E-state index contributed by atoms with van der Waals surface area (Å²) in [5.74, 6) is -1.60. The lowest BCUT2D eigenvalue weighted by Crippen LogP contribution is -2.17. The van der Waals surface area contributed by atoms with Gasteiger partial charge in [-0.2, -0.15) is 21.9 Å². The summed E-state index contributed by atoms with van der Waals surface area (Å²) in [6.45, 7) is 0. The van der Waals surface area contributed by atoms with Crippen molar-refractivity contribution in [3.63, 3.8) is 0 Å². The first-order valence-electron chi connectivity index (χ1n) is 8.04. The number of aromatic nitrogens is 2. The van der Waals surface area contributed by atoms with E-state index in [9.17, 15) is 36.1 Å². The van der Waals surface area contributed by atoms with Gasteiger partial charge in [-0.25, -0.2) is 9.48 Å². The van der Waals surface area contributed by atoms with Gasteiger partial charge < -0.3 is 5.11 Å². The molecule has 1 aromatic heterocycles. The molecular formula is C16H12N4O9S2. The molecule has 0 radical (unpaired) electrons. The second-order valence-electron chi connectivity index (χ2n) is 5.89. The van der Waals surface area contributed by atoms with Crippen LogP contribution in [0.25, 0.3) is 5.69 Å². The van der Waals surface area contributed by atoms with Gasteiger partial charge in [-0.05, 0) is 36.4 Å². The Morgan fingerprint density at radius 2 is 1.52 bits per heavy atom. The Morgan fingerprint density at radius 3 is 2.06 bits per heavy atom. The van der Waals surface area contributed by atoms with Crippen molar-refractivity contribution in [3.8, 4) is 5.69 Å². The van der Waals surface area contributed by atoms with Crippen molar-refractivity contribution in [1.29, 1.82) is 0 Å². The van der Waals surface area contributed by atoms with Crippen LogP contribution in [0.15, 0.2) is 73.3 Å². The predicted octanol–water partition coefficient (Wildman–Crippen LogP) is 1.77. The molecule has 0 bridgehead atoms. The largest absolute Gasteiger partial charge is 0.476 e. The molecule has 3 aromatic rings. The Hall–Kier alpha value is -3.66. The molecular weight excluding hydrogens is 456 g/mol. The highest BCUT2D eigenvalue weighted by Gasteiger charge is 2.24.